The lowest BCUT2D eigenvalue weighted by molar-refractivity contribution is -0.142. The molecule has 2 aliphatic rings. The Morgan fingerprint density at radius 2 is 1.83 bits per heavy atom. The molecule has 0 aromatic heterocycles. The summed E-state index contributed by atoms with van der Waals surface area (Å²) in [5.74, 6) is 2.27. The fourth-order valence-corrected chi connectivity index (χ4v) is 4.41. The average Bonchev–Trinajstić information content (AvgIpc) is 3.55. The van der Waals surface area contributed by atoms with Crippen LogP contribution in [-0.2, 0) is 4.79 Å². The predicted molar refractivity (Wildman–Crippen MR) is 114 cm³/mol. The summed E-state index contributed by atoms with van der Waals surface area (Å²) in [4.78, 5) is 11.5. The first-order valence-electron chi connectivity index (χ1n) is 10.8. The molecule has 0 saturated heterocycles. The number of methoxy groups -OCH3 is 1. The molecule has 2 aromatic carbocycles. The van der Waals surface area contributed by atoms with Gasteiger partial charge in [0, 0.05) is 0 Å². The molecule has 2 atom stereocenters. The van der Waals surface area contributed by atoms with Crippen LogP contribution in [0.4, 0.5) is 0 Å². The molecule has 4 rings (SSSR count). The van der Waals surface area contributed by atoms with Crippen molar-refractivity contribution in [1.29, 1.82) is 0 Å². The van der Waals surface area contributed by atoms with Gasteiger partial charge in [-0.1, -0.05) is 31.2 Å². The van der Waals surface area contributed by atoms with E-state index in [1.165, 1.54) is 0 Å². The lowest BCUT2D eigenvalue weighted by Gasteiger charge is -2.35. The van der Waals surface area contributed by atoms with Gasteiger partial charge in [0.05, 0.1) is 25.7 Å². The topological polar surface area (TPSA) is 65.0 Å². The van der Waals surface area contributed by atoms with E-state index >= 15 is 0 Å². The minimum Gasteiger partial charge on any atom is -0.493 e. The van der Waals surface area contributed by atoms with E-state index in [1.807, 2.05) is 55.5 Å². The SMILES string of the molecule is COc1ccccc1OC1CC(COc2cccc(C(C3CC3)C(C)C(=O)O)c2)C1. The van der Waals surface area contributed by atoms with Crippen molar-refractivity contribution in [2.75, 3.05) is 13.7 Å². The smallest absolute Gasteiger partial charge is 0.306 e. The molecule has 2 unspecified atom stereocenters. The van der Waals surface area contributed by atoms with Crippen LogP contribution in [0.2, 0.25) is 0 Å². The van der Waals surface area contributed by atoms with Gasteiger partial charge >= 0.3 is 5.97 Å². The van der Waals surface area contributed by atoms with E-state index in [-0.39, 0.29) is 17.9 Å². The van der Waals surface area contributed by atoms with E-state index in [9.17, 15) is 9.90 Å². The van der Waals surface area contributed by atoms with Crippen LogP contribution in [0.3, 0.4) is 0 Å². The molecule has 0 amide bonds. The Labute approximate surface area is 178 Å². The number of ether oxygens (including phenoxy) is 3. The van der Waals surface area contributed by atoms with Crippen LogP contribution < -0.4 is 14.2 Å². The summed E-state index contributed by atoms with van der Waals surface area (Å²) >= 11 is 0. The molecule has 2 saturated carbocycles. The molecule has 160 valence electrons. The highest BCUT2D eigenvalue weighted by Gasteiger charge is 2.38. The van der Waals surface area contributed by atoms with Crippen LogP contribution in [0.5, 0.6) is 17.2 Å². The van der Waals surface area contributed by atoms with Crippen LogP contribution in [0, 0.1) is 17.8 Å². The van der Waals surface area contributed by atoms with E-state index in [1.54, 1.807) is 7.11 Å². The molecule has 5 heteroatoms. The van der Waals surface area contributed by atoms with Crippen molar-refractivity contribution >= 4 is 5.97 Å². The monoisotopic (exact) mass is 410 g/mol. The third-order valence-electron chi connectivity index (χ3n) is 6.34. The van der Waals surface area contributed by atoms with E-state index in [2.05, 4.69) is 0 Å². The van der Waals surface area contributed by atoms with Crippen LogP contribution in [-0.4, -0.2) is 30.9 Å². The number of rotatable bonds is 10. The van der Waals surface area contributed by atoms with Crippen LogP contribution in [0.25, 0.3) is 0 Å². The molecule has 30 heavy (non-hydrogen) atoms. The number of carbonyl (C=O) groups is 1. The van der Waals surface area contributed by atoms with Gasteiger partial charge < -0.3 is 19.3 Å². The number of carboxylic acid groups (broad SMARTS) is 1. The first-order valence-corrected chi connectivity index (χ1v) is 10.8. The van der Waals surface area contributed by atoms with Crippen molar-refractivity contribution in [2.24, 2.45) is 17.8 Å². The molecule has 2 fully saturated rings. The van der Waals surface area contributed by atoms with Crippen molar-refractivity contribution in [3.63, 3.8) is 0 Å². The normalized spacial score (nSPS) is 22.5. The zero-order valence-electron chi connectivity index (χ0n) is 17.6. The molecule has 0 spiro atoms. The molecule has 0 aliphatic heterocycles. The molecule has 5 nitrogen and oxygen atoms in total. The Balaban J connectivity index is 1.29. The van der Waals surface area contributed by atoms with Crippen molar-refractivity contribution < 1.29 is 24.1 Å². The number of para-hydroxylation sites is 2. The fourth-order valence-electron chi connectivity index (χ4n) is 4.41. The van der Waals surface area contributed by atoms with Gasteiger partial charge in [0.1, 0.15) is 5.75 Å². The minimum atomic E-state index is -0.728. The van der Waals surface area contributed by atoms with E-state index < -0.39 is 5.97 Å². The van der Waals surface area contributed by atoms with Gasteiger partial charge in [-0.25, -0.2) is 0 Å². The Hall–Kier alpha value is -2.69. The molecule has 1 N–H and O–H groups in total. The first kappa shape index (κ1) is 20.6. The second kappa shape index (κ2) is 8.99. The van der Waals surface area contributed by atoms with Crippen molar-refractivity contribution in [3.05, 3.63) is 54.1 Å². The van der Waals surface area contributed by atoms with E-state index in [0.29, 0.717) is 18.4 Å². The summed E-state index contributed by atoms with van der Waals surface area (Å²) in [5, 5.41) is 9.49. The second-order valence-corrected chi connectivity index (χ2v) is 8.60. The number of aliphatic carboxylic acids is 1. The second-order valence-electron chi connectivity index (χ2n) is 8.60. The molecule has 2 aliphatic carbocycles. The largest absolute Gasteiger partial charge is 0.493 e. The summed E-state index contributed by atoms with van der Waals surface area (Å²) in [6, 6.07) is 15.7. The summed E-state index contributed by atoms with van der Waals surface area (Å²) in [6.45, 7) is 2.47. The zero-order valence-corrected chi connectivity index (χ0v) is 17.6. The van der Waals surface area contributed by atoms with Crippen LogP contribution >= 0.6 is 0 Å². The number of hydrogen-bond acceptors (Lipinski definition) is 4. The molecule has 0 heterocycles. The number of benzene rings is 2. The highest BCUT2D eigenvalue weighted by Crippen LogP contribution is 2.47. The van der Waals surface area contributed by atoms with Crippen molar-refractivity contribution in [1.82, 2.24) is 0 Å². The first-order chi connectivity index (χ1) is 14.5. The van der Waals surface area contributed by atoms with Gasteiger partial charge in [-0.05, 0) is 73.3 Å². The Kier molecular flexibility index (Phi) is 6.16. The zero-order chi connectivity index (χ0) is 21.1. The van der Waals surface area contributed by atoms with Gasteiger partial charge in [0.15, 0.2) is 11.5 Å². The Morgan fingerprint density at radius 1 is 1.10 bits per heavy atom. The van der Waals surface area contributed by atoms with Gasteiger partial charge in [-0.2, -0.15) is 0 Å². The van der Waals surface area contributed by atoms with Gasteiger partial charge in [0.25, 0.3) is 0 Å². The molecule has 2 aromatic rings. The summed E-state index contributed by atoms with van der Waals surface area (Å²) < 4.78 is 17.5. The highest BCUT2D eigenvalue weighted by molar-refractivity contribution is 5.71. The lowest BCUT2D eigenvalue weighted by Crippen LogP contribution is -2.37. The van der Waals surface area contributed by atoms with Gasteiger partial charge in [0.2, 0.25) is 0 Å². The molecular formula is C25H30O5. The Morgan fingerprint density at radius 3 is 2.50 bits per heavy atom. The van der Waals surface area contributed by atoms with E-state index in [0.717, 1.165) is 48.5 Å². The number of carboxylic acids is 1. The third kappa shape index (κ3) is 4.72. The summed E-state index contributed by atoms with van der Waals surface area (Å²) in [7, 11) is 1.65. The molecule has 0 radical (unpaired) electrons. The quantitative estimate of drug-likeness (QED) is 0.587. The molecular weight excluding hydrogens is 380 g/mol. The third-order valence-corrected chi connectivity index (χ3v) is 6.34. The average molecular weight is 411 g/mol. The number of hydrogen-bond donors (Lipinski definition) is 1. The summed E-state index contributed by atoms with van der Waals surface area (Å²) in [6.07, 6.45) is 4.33. The maximum atomic E-state index is 11.5. The maximum Gasteiger partial charge on any atom is 0.306 e. The standard InChI is InChI=1S/C25H30O5/c1-16(25(26)27)24(18-10-11-18)19-6-5-7-20(14-19)29-15-17-12-21(13-17)30-23-9-4-3-8-22(23)28-2/h3-9,14,16-18,21,24H,10-13,15H2,1-2H3,(H,26,27). The minimum absolute atomic E-state index is 0.0633. The molecule has 0 bridgehead atoms. The fraction of sp³-hybridized carbons (Fsp3) is 0.480. The highest BCUT2D eigenvalue weighted by atomic mass is 16.5. The predicted octanol–water partition coefficient (Wildman–Crippen LogP) is 5.15. The van der Waals surface area contributed by atoms with Crippen molar-refractivity contribution in [3.8, 4) is 17.2 Å². The maximum absolute atomic E-state index is 11.5. The van der Waals surface area contributed by atoms with Gasteiger partial charge in [-0.3, -0.25) is 4.79 Å². The Bertz CT molecular complexity index is 869. The van der Waals surface area contributed by atoms with Crippen molar-refractivity contribution in [2.45, 2.75) is 44.6 Å². The van der Waals surface area contributed by atoms with Crippen LogP contribution in [0.1, 0.15) is 44.1 Å². The summed E-state index contributed by atoms with van der Waals surface area (Å²) in [5.41, 5.74) is 1.08. The lowest BCUT2D eigenvalue weighted by atomic mass is 9.82. The van der Waals surface area contributed by atoms with Gasteiger partial charge in [-0.15, -0.1) is 0 Å². The van der Waals surface area contributed by atoms with Crippen LogP contribution in [0.15, 0.2) is 48.5 Å². The van der Waals surface area contributed by atoms with E-state index in [4.69, 9.17) is 14.2 Å².